The molecule has 14 nitrogen and oxygen atoms in total. The zero-order valence-corrected chi connectivity index (χ0v) is 36.9. The van der Waals surface area contributed by atoms with Gasteiger partial charge in [0.25, 0.3) is 5.91 Å². The molecule has 0 saturated carbocycles. The highest BCUT2D eigenvalue weighted by Crippen LogP contribution is 2.47. The van der Waals surface area contributed by atoms with Crippen LogP contribution in [0.25, 0.3) is 0 Å². The molecule has 1 aromatic rings. The number of nitrogens with one attached hydrogen (secondary N) is 2. The standard InChI is InChI=1S/C46H64N4O10/c1-12-58-42-28(8)39(53)32-31-33(42)44(56)59-21-15-30(57-11)25(5)37(51)26(6)38(52)27(7)41-29(9)45(10,60-41)16-13-14-24(4)43(55)47-36(40(32)54)35-34(31)48-46(49-35)17-19-50(20-18-46)22-23(2)3/h13-16,21,23,25-27,29-30,37-38,41,49,51-53H,12,17-20,22H2,1-11H3,(H,47,55)/b16-13+,21-15+,24-14-/t25-,26+,27+,29-,30+,37-,38+,41-,45+/m1/s1. The molecule has 5 N–H and O–H groups in total. The van der Waals surface area contributed by atoms with Gasteiger partial charge >= 0.3 is 5.97 Å². The predicted octanol–water partition coefficient (Wildman–Crippen LogP) is 5.09. The van der Waals surface area contributed by atoms with E-state index in [1.807, 2.05) is 26.8 Å². The first kappa shape index (κ1) is 45.2. The smallest absolute Gasteiger partial charge is 0.347 e. The molecule has 328 valence electrons. The fourth-order valence-corrected chi connectivity index (χ4v) is 9.42. The molecule has 9 rings (SSSR count). The van der Waals surface area contributed by atoms with Gasteiger partial charge in [-0.1, -0.05) is 59.8 Å². The van der Waals surface area contributed by atoms with Gasteiger partial charge in [0.1, 0.15) is 28.4 Å². The summed E-state index contributed by atoms with van der Waals surface area (Å²) >= 11 is 0. The molecule has 0 unspecified atom stereocenters. The summed E-state index contributed by atoms with van der Waals surface area (Å²) in [5, 5.41) is 41.2. The Bertz CT molecular complexity index is 2030. The van der Waals surface area contributed by atoms with Crippen LogP contribution in [-0.4, -0.2) is 113 Å². The molecule has 7 aliphatic heterocycles. The number of piperidine rings is 1. The van der Waals surface area contributed by atoms with Crippen molar-refractivity contribution in [3.63, 3.8) is 0 Å². The number of ketones is 1. The third kappa shape index (κ3) is 8.21. The number of hydrogen-bond acceptors (Lipinski definition) is 13. The second-order valence-electron chi connectivity index (χ2n) is 18.0. The lowest BCUT2D eigenvalue weighted by molar-refractivity contribution is -0.251. The van der Waals surface area contributed by atoms with Crippen molar-refractivity contribution in [1.82, 2.24) is 15.5 Å². The van der Waals surface area contributed by atoms with Crippen LogP contribution in [0.4, 0.5) is 0 Å². The van der Waals surface area contributed by atoms with Gasteiger partial charge in [0.05, 0.1) is 59.9 Å². The molecule has 7 heterocycles. The van der Waals surface area contributed by atoms with Gasteiger partial charge in [-0.2, -0.15) is 0 Å². The van der Waals surface area contributed by atoms with Crippen LogP contribution in [0.2, 0.25) is 0 Å². The monoisotopic (exact) mass is 832 g/mol. The number of esters is 1. The Hall–Kier alpha value is -4.34. The first-order chi connectivity index (χ1) is 28.3. The summed E-state index contributed by atoms with van der Waals surface area (Å²) in [4.78, 5) is 50.8. The van der Waals surface area contributed by atoms with E-state index >= 15 is 0 Å². The van der Waals surface area contributed by atoms with Crippen LogP contribution in [0.5, 0.6) is 11.5 Å². The second kappa shape index (κ2) is 17.6. The molecule has 0 radical (unpaired) electrons. The summed E-state index contributed by atoms with van der Waals surface area (Å²) in [6.07, 6.45) is 6.13. The van der Waals surface area contributed by atoms with Gasteiger partial charge in [0, 0.05) is 80.0 Å². The number of benzene rings is 1. The van der Waals surface area contributed by atoms with Gasteiger partial charge in [-0.05, 0) is 39.7 Å². The number of aromatic hydroxyl groups is 1. The molecule has 1 amide bonds. The summed E-state index contributed by atoms with van der Waals surface area (Å²) in [6, 6.07) is 0. The van der Waals surface area contributed by atoms with Gasteiger partial charge in [-0.15, -0.1) is 0 Å². The zero-order valence-electron chi connectivity index (χ0n) is 36.9. The number of ether oxygens (including phenoxy) is 4. The third-order valence-corrected chi connectivity index (χ3v) is 13.4. The quantitative estimate of drug-likeness (QED) is 0.248. The highest BCUT2D eigenvalue weighted by Gasteiger charge is 2.52. The van der Waals surface area contributed by atoms with Crippen LogP contribution >= 0.6 is 0 Å². The molecule has 8 aliphatic rings. The number of allylic oxidation sites excluding steroid dienone is 4. The van der Waals surface area contributed by atoms with Crippen molar-refractivity contribution >= 4 is 23.4 Å². The minimum absolute atomic E-state index is 0.00977. The maximum Gasteiger partial charge on any atom is 0.347 e. The largest absolute Gasteiger partial charge is 0.507 e. The minimum atomic E-state index is -1.02. The molecule has 2 fully saturated rings. The number of methoxy groups -OCH3 is 1. The van der Waals surface area contributed by atoms with E-state index in [0.717, 1.165) is 19.6 Å². The summed E-state index contributed by atoms with van der Waals surface area (Å²) < 4.78 is 23.9. The Morgan fingerprint density at radius 1 is 0.983 bits per heavy atom. The van der Waals surface area contributed by atoms with E-state index in [1.54, 1.807) is 46.8 Å². The molecule has 6 bridgehead atoms. The van der Waals surface area contributed by atoms with Gasteiger partial charge in [-0.3, -0.25) is 14.6 Å². The number of aliphatic hydroxyl groups is 2. The molecule has 1 spiro atoms. The number of aliphatic hydroxyl groups excluding tert-OH is 2. The van der Waals surface area contributed by atoms with Crippen molar-refractivity contribution in [2.24, 2.45) is 34.6 Å². The lowest BCUT2D eigenvalue weighted by Crippen LogP contribution is -2.60. The topological polar surface area (TPSA) is 188 Å². The number of phenols is 1. The predicted molar refractivity (Wildman–Crippen MR) is 227 cm³/mol. The highest BCUT2D eigenvalue weighted by molar-refractivity contribution is 6.33. The molecular weight excluding hydrogens is 769 g/mol. The van der Waals surface area contributed by atoms with Gasteiger partial charge in [0.15, 0.2) is 0 Å². The third-order valence-electron chi connectivity index (χ3n) is 13.4. The highest BCUT2D eigenvalue weighted by atomic mass is 16.5. The van der Waals surface area contributed by atoms with E-state index in [-0.39, 0.29) is 69.7 Å². The Morgan fingerprint density at radius 2 is 1.65 bits per heavy atom. The van der Waals surface area contributed by atoms with Crippen molar-refractivity contribution in [3.8, 4) is 11.5 Å². The normalized spacial score (nSPS) is 34.4. The number of Topliss-reactive ketones (excluding diaryl/α,β-unsaturated/α-hetero) is 1. The van der Waals surface area contributed by atoms with Crippen LogP contribution in [0.3, 0.4) is 0 Å². The van der Waals surface area contributed by atoms with Crippen LogP contribution in [0.1, 0.15) is 107 Å². The van der Waals surface area contributed by atoms with E-state index in [0.29, 0.717) is 24.3 Å². The molecule has 14 heteroatoms. The van der Waals surface area contributed by atoms with Gasteiger partial charge < -0.3 is 49.8 Å². The summed E-state index contributed by atoms with van der Waals surface area (Å²) in [5.74, 6) is -3.50. The molecule has 1 aliphatic carbocycles. The van der Waals surface area contributed by atoms with Crippen LogP contribution in [0, 0.1) is 36.5 Å². The number of amides is 1. The van der Waals surface area contributed by atoms with Crippen LogP contribution in [0.15, 0.2) is 52.5 Å². The maximum absolute atomic E-state index is 14.8. The molecule has 60 heavy (non-hydrogen) atoms. The number of rotatable bonds is 5. The first-order valence-corrected chi connectivity index (χ1v) is 21.3. The SMILES string of the molecule is CCOc1c(C)c(O)c2c3c1C(=O)O/C=C/[C@H](OC)[C@@H](C)[C@@H](O)[C@H](C)[C@H](O)[C@H](C)[C@H]1O[C@@](C)(/C=C/C=C(/C)C(=O)NC(=C4NC5(CCN(CC(C)C)CC5)N=C43)C2=O)[C@@H]1C. The average molecular weight is 833 g/mol. The Balaban J connectivity index is 1.50. The number of nitrogens with zero attached hydrogens (tertiary/aromatic N) is 2. The van der Waals surface area contributed by atoms with E-state index in [2.05, 4.69) is 29.4 Å². The molecule has 1 aromatic carbocycles. The second-order valence-corrected chi connectivity index (χ2v) is 18.0. The average Bonchev–Trinajstić information content (AvgIpc) is 3.59. The number of hydrogen-bond donors (Lipinski definition) is 5. The lowest BCUT2D eigenvalue weighted by atomic mass is 9.70. The molecular formula is C46H64N4O10. The van der Waals surface area contributed by atoms with Crippen LogP contribution < -0.4 is 15.4 Å². The Kier molecular flexibility index (Phi) is 13.2. The molecule has 9 atom stereocenters. The van der Waals surface area contributed by atoms with Crippen molar-refractivity contribution in [2.45, 2.75) is 118 Å². The van der Waals surface area contributed by atoms with E-state index in [4.69, 9.17) is 23.9 Å². The van der Waals surface area contributed by atoms with Crippen LogP contribution in [-0.2, 0) is 19.0 Å². The summed E-state index contributed by atoms with van der Waals surface area (Å²) in [7, 11) is 1.48. The number of aliphatic imine (C=N–C) groups is 1. The van der Waals surface area contributed by atoms with Crippen molar-refractivity contribution in [2.75, 3.05) is 33.4 Å². The van der Waals surface area contributed by atoms with Crippen molar-refractivity contribution in [1.29, 1.82) is 0 Å². The number of carbonyl (C=O) groups excluding carboxylic acids is 3. The summed E-state index contributed by atoms with van der Waals surface area (Å²) in [5.41, 5.74) is -1.01. The Labute approximate surface area is 353 Å². The van der Waals surface area contributed by atoms with Crippen molar-refractivity contribution < 1.29 is 48.7 Å². The number of carbonyl (C=O) groups is 3. The van der Waals surface area contributed by atoms with E-state index < -0.39 is 64.8 Å². The van der Waals surface area contributed by atoms with Gasteiger partial charge in [-0.25, -0.2) is 4.79 Å². The van der Waals surface area contributed by atoms with Gasteiger partial charge in [0.2, 0.25) is 5.78 Å². The summed E-state index contributed by atoms with van der Waals surface area (Å²) in [6.45, 7) is 21.2. The first-order valence-electron chi connectivity index (χ1n) is 21.3. The van der Waals surface area contributed by atoms with E-state index in [1.165, 1.54) is 19.4 Å². The lowest BCUT2D eigenvalue weighted by Gasteiger charge is -2.54. The zero-order chi connectivity index (χ0) is 44.0. The molecule has 2 saturated heterocycles. The Morgan fingerprint density at radius 3 is 2.27 bits per heavy atom. The fraction of sp³-hybridized carbons (Fsp3) is 0.609. The minimum Gasteiger partial charge on any atom is -0.507 e. The molecule has 0 aromatic heterocycles. The number of likely N-dealkylation sites (tertiary alicyclic amines) is 1. The fourth-order valence-electron chi connectivity index (χ4n) is 9.42. The van der Waals surface area contributed by atoms with E-state index in [9.17, 15) is 29.7 Å². The van der Waals surface area contributed by atoms with Crippen molar-refractivity contribution in [3.05, 3.63) is 69.8 Å². The number of phenolic OH excluding ortho intramolecular Hbond substituents is 1. The maximum atomic E-state index is 14.8.